The first kappa shape index (κ1) is 15.4. The van der Waals surface area contributed by atoms with Crippen LogP contribution in [0.1, 0.15) is 11.1 Å². The minimum atomic E-state index is -3.67. The number of aromatic hydroxyl groups is 1. The Bertz CT molecular complexity index is 983. The van der Waals surface area contributed by atoms with Crippen molar-refractivity contribution in [2.24, 2.45) is 0 Å². The zero-order valence-corrected chi connectivity index (χ0v) is 13.5. The Labute approximate surface area is 135 Å². The van der Waals surface area contributed by atoms with Crippen molar-refractivity contribution < 1.29 is 13.5 Å². The van der Waals surface area contributed by atoms with E-state index in [2.05, 4.69) is 6.58 Å². The molecule has 0 radical (unpaired) electrons. The quantitative estimate of drug-likeness (QED) is 0.745. The average molecular weight is 327 g/mol. The van der Waals surface area contributed by atoms with Crippen molar-refractivity contribution in [3.63, 3.8) is 0 Å². The normalized spacial score (nSPS) is 11.7. The van der Waals surface area contributed by atoms with Gasteiger partial charge in [0.05, 0.1) is 10.4 Å². The molecule has 0 saturated heterocycles. The van der Waals surface area contributed by atoms with Crippen LogP contribution in [0.15, 0.2) is 66.2 Å². The summed E-state index contributed by atoms with van der Waals surface area (Å²) < 4.78 is 27.0. The molecule has 3 aromatic rings. The van der Waals surface area contributed by atoms with E-state index < -0.39 is 10.0 Å². The molecule has 0 aliphatic carbocycles. The van der Waals surface area contributed by atoms with Gasteiger partial charge in [-0.3, -0.25) is 0 Å². The molecular weight excluding hydrogens is 310 g/mol. The maximum atomic E-state index is 12.9. The van der Waals surface area contributed by atoms with Crippen molar-refractivity contribution in [2.75, 3.05) is 0 Å². The first-order valence-corrected chi connectivity index (χ1v) is 8.64. The summed E-state index contributed by atoms with van der Waals surface area (Å²) in [6, 6.07) is 11.6. The zero-order valence-electron chi connectivity index (χ0n) is 12.7. The molecule has 0 unspecified atom stereocenters. The first-order chi connectivity index (χ1) is 10.9. The van der Waals surface area contributed by atoms with Crippen LogP contribution in [0.3, 0.4) is 0 Å². The molecule has 23 heavy (non-hydrogen) atoms. The number of aryl methyl sites for hydroxylation is 1. The third-order valence-corrected chi connectivity index (χ3v) is 5.55. The molecule has 1 N–H and O–H groups in total. The van der Waals surface area contributed by atoms with Crippen LogP contribution >= 0.6 is 0 Å². The molecule has 118 valence electrons. The third-order valence-electron chi connectivity index (χ3n) is 3.85. The van der Waals surface area contributed by atoms with Gasteiger partial charge in [0, 0.05) is 17.1 Å². The van der Waals surface area contributed by atoms with Gasteiger partial charge < -0.3 is 5.11 Å². The van der Waals surface area contributed by atoms with Gasteiger partial charge in [-0.2, -0.15) is 0 Å². The van der Waals surface area contributed by atoms with Crippen LogP contribution in [0.2, 0.25) is 0 Å². The predicted octanol–water partition coefficient (Wildman–Crippen LogP) is 3.62. The first-order valence-electron chi connectivity index (χ1n) is 7.20. The Kier molecular flexibility index (Phi) is 3.74. The zero-order chi connectivity index (χ0) is 16.6. The van der Waals surface area contributed by atoms with Gasteiger partial charge in [-0.1, -0.05) is 23.8 Å². The van der Waals surface area contributed by atoms with Gasteiger partial charge in [0.15, 0.2) is 0 Å². The van der Waals surface area contributed by atoms with Gasteiger partial charge in [0.1, 0.15) is 5.75 Å². The Morgan fingerprint density at radius 2 is 1.83 bits per heavy atom. The van der Waals surface area contributed by atoms with Gasteiger partial charge in [0.2, 0.25) is 0 Å². The highest BCUT2D eigenvalue weighted by Gasteiger charge is 2.20. The summed E-state index contributed by atoms with van der Waals surface area (Å²) in [5, 5.41) is 10.7. The number of hydrogen-bond acceptors (Lipinski definition) is 3. The third kappa shape index (κ3) is 2.53. The van der Waals surface area contributed by atoms with Crippen LogP contribution < -0.4 is 0 Å². The van der Waals surface area contributed by atoms with E-state index in [4.69, 9.17) is 0 Å². The lowest BCUT2D eigenvalue weighted by atomic mass is 10.1. The molecule has 0 atom stereocenters. The molecule has 0 amide bonds. The number of fused-ring (bicyclic) bond motifs is 1. The van der Waals surface area contributed by atoms with Crippen LogP contribution in [0.5, 0.6) is 5.75 Å². The maximum Gasteiger partial charge on any atom is 0.268 e. The molecule has 0 aliphatic rings. The number of phenols is 1. The number of rotatable bonds is 4. The monoisotopic (exact) mass is 327 g/mol. The minimum Gasteiger partial charge on any atom is -0.508 e. The van der Waals surface area contributed by atoms with E-state index in [9.17, 15) is 13.5 Å². The number of benzene rings is 2. The molecule has 4 nitrogen and oxygen atoms in total. The molecule has 0 saturated carbocycles. The van der Waals surface area contributed by atoms with E-state index in [0.29, 0.717) is 22.9 Å². The molecule has 5 heteroatoms. The second-order valence-electron chi connectivity index (χ2n) is 5.42. The molecule has 1 heterocycles. The summed E-state index contributed by atoms with van der Waals surface area (Å²) in [5.41, 5.74) is 2.22. The topological polar surface area (TPSA) is 59.3 Å². The van der Waals surface area contributed by atoms with Gasteiger partial charge in [-0.05, 0) is 43.7 Å². The standard InChI is InChI=1S/C18H17NO3S/c1-3-4-16-15-11-12-19(17(15)9-10-18(16)20)23(21,22)14-7-5-13(2)6-8-14/h3,5-12,20H,1,4H2,2H3. The summed E-state index contributed by atoms with van der Waals surface area (Å²) >= 11 is 0. The van der Waals surface area contributed by atoms with Gasteiger partial charge in [0.25, 0.3) is 10.0 Å². The van der Waals surface area contributed by atoms with E-state index in [-0.39, 0.29) is 10.6 Å². The lowest BCUT2D eigenvalue weighted by molar-refractivity contribution is 0.471. The number of nitrogens with zero attached hydrogens (tertiary/aromatic N) is 1. The molecular formula is C18H17NO3S. The summed E-state index contributed by atoms with van der Waals surface area (Å²) in [5.74, 6) is 0.142. The predicted molar refractivity (Wildman–Crippen MR) is 91.3 cm³/mol. The Morgan fingerprint density at radius 3 is 2.48 bits per heavy atom. The summed E-state index contributed by atoms with van der Waals surface area (Å²) in [4.78, 5) is 0.235. The minimum absolute atomic E-state index is 0.142. The highest BCUT2D eigenvalue weighted by atomic mass is 32.2. The van der Waals surface area contributed by atoms with E-state index in [1.54, 1.807) is 42.5 Å². The fraction of sp³-hybridized carbons (Fsp3) is 0.111. The van der Waals surface area contributed by atoms with Crippen LogP contribution in [-0.4, -0.2) is 17.5 Å². The van der Waals surface area contributed by atoms with Crippen molar-refractivity contribution in [1.29, 1.82) is 0 Å². The Hall–Kier alpha value is -2.53. The van der Waals surface area contributed by atoms with Crippen molar-refractivity contribution in [1.82, 2.24) is 3.97 Å². The smallest absolute Gasteiger partial charge is 0.268 e. The number of phenolic OH excluding ortho intramolecular Hbond substituents is 1. The van der Waals surface area contributed by atoms with Gasteiger partial charge >= 0.3 is 0 Å². The molecule has 0 spiro atoms. The molecule has 0 fully saturated rings. The fourth-order valence-corrected chi connectivity index (χ4v) is 3.98. The highest BCUT2D eigenvalue weighted by molar-refractivity contribution is 7.90. The lowest BCUT2D eigenvalue weighted by Gasteiger charge is -2.09. The van der Waals surface area contributed by atoms with Crippen LogP contribution in [0.25, 0.3) is 10.9 Å². The van der Waals surface area contributed by atoms with Gasteiger partial charge in [-0.25, -0.2) is 12.4 Å². The van der Waals surface area contributed by atoms with Crippen molar-refractivity contribution in [3.05, 3.63) is 72.4 Å². The summed E-state index contributed by atoms with van der Waals surface area (Å²) in [6.07, 6.45) is 3.67. The van der Waals surface area contributed by atoms with Crippen molar-refractivity contribution in [2.45, 2.75) is 18.2 Å². The highest BCUT2D eigenvalue weighted by Crippen LogP contribution is 2.30. The Balaban J connectivity index is 2.23. The van der Waals surface area contributed by atoms with E-state index >= 15 is 0 Å². The van der Waals surface area contributed by atoms with E-state index in [0.717, 1.165) is 5.56 Å². The summed E-state index contributed by atoms with van der Waals surface area (Å²) in [7, 11) is -3.67. The number of allylic oxidation sites excluding steroid dienone is 1. The van der Waals surface area contributed by atoms with Crippen LogP contribution in [0.4, 0.5) is 0 Å². The van der Waals surface area contributed by atoms with Crippen LogP contribution in [-0.2, 0) is 16.4 Å². The fourth-order valence-electron chi connectivity index (χ4n) is 2.63. The molecule has 0 bridgehead atoms. The number of aromatic nitrogens is 1. The molecule has 2 aromatic carbocycles. The summed E-state index contributed by atoms with van der Waals surface area (Å²) in [6.45, 7) is 5.59. The van der Waals surface area contributed by atoms with Crippen LogP contribution in [0, 0.1) is 6.92 Å². The van der Waals surface area contributed by atoms with E-state index in [1.807, 2.05) is 6.92 Å². The second-order valence-corrected chi connectivity index (χ2v) is 7.23. The van der Waals surface area contributed by atoms with E-state index in [1.165, 1.54) is 16.2 Å². The molecule has 1 aromatic heterocycles. The largest absolute Gasteiger partial charge is 0.508 e. The molecule has 0 aliphatic heterocycles. The van der Waals surface area contributed by atoms with Crippen molar-refractivity contribution >= 4 is 20.9 Å². The number of hydrogen-bond donors (Lipinski definition) is 1. The lowest BCUT2D eigenvalue weighted by Crippen LogP contribution is -2.11. The second kappa shape index (κ2) is 5.59. The molecule has 3 rings (SSSR count). The van der Waals surface area contributed by atoms with Gasteiger partial charge in [-0.15, -0.1) is 6.58 Å². The average Bonchev–Trinajstić information content (AvgIpc) is 2.95. The van der Waals surface area contributed by atoms with Crippen molar-refractivity contribution in [3.8, 4) is 5.75 Å². The maximum absolute atomic E-state index is 12.9. The SMILES string of the molecule is C=CCc1c(O)ccc2c1ccn2S(=O)(=O)c1ccc(C)cc1. The Morgan fingerprint density at radius 1 is 1.13 bits per heavy atom.